The maximum Gasteiger partial charge on any atom is 0.0589 e. The maximum atomic E-state index is 5.27. The van der Waals surface area contributed by atoms with Gasteiger partial charge in [0, 0.05) is 25.7 Å². The maximum absolute atomic E-state index is 5.27. The summed E-state index contributed by atoms with van der Waals surface area (Å²) < 4.78 is 5.27. The van der Waals surface area contributed by atoms with Crippen LogP contribution in [0, 0.1) is 5.41 Å². The second-order valence-electron chi connectivity index (χ2n) is 6.66. The van der Waals surface area contributed by atoms with Gasteiger partial charge in [-0.1, -0.05) is 27.7 Å². The summed E-state index contributed by atoms with van der Waals surface area (Å²) in [6.45, 7) is 13.5. The zero-order valence-electron chi connectivity index (χ0n) is 13.7. The smallest absolute Gasteiger partial charge is 0.0589 e. The Bertz CT molecular complexity index is 233. The lowest BCUT2D eigenvalue weighted by molar-refractivity contribution is 0.0491. The van der Waals surface area contributed by atoms with Crippen LogP contribution in [-0.2, 0) is 4.74 Å². The molecule has 1 aliphatic rings. The van der Waals surface area contributed by atoms with E-state index in [0.29, 0.717) is 17.5 Å². The van der Waals surface area contributed by atoms with Crippen LogP contribution in [-0.4, -0.2) is 50.3 Å². The molecular weight excluding hydrogens is 236 g/mol. The molecule has 2 atom stereocenters. The quantitative estimate of drug-likeness (QED) is 0.734. The predicted molar refractivity (Wildman–Crippen MR) is 82.6 cm³/mol. The van der Waals surface area contributed by atoms with Crippen molar-refractivity contribution in [1.82, 2.24) is 10.2 Å². The molecule has 0 bridgehead atoms. The third kappa shape index (κ3) is 5.41. The standard InChI is InChI=1S/C16H34N2O/c1-6-10-17-14-8-9-16(3,4)13-15(14)18(7-2)11-12-19-5/h14-15,17H,6-13H2,1-5H3. The highest BCUT2D eigenvalue weighted by Crippen LogP contribution is 2.37. The fourth-order valence-corrected chi connectivity index (χ4v) is 3.27. The normalized spacial score (nSPS) is 26.8. The van der Waals surface area contributed by atoms with Crippen molar-refractivity contribution < 1.29 is 4.74 Å². The van der Waals surface area contributed by atoms with Gasteiger partial charge in [0.25, 0.3) is 0 Å². The molecule has 19 heavy (non-hydrogen) atoms. The number of ether oxygens (including phenoxy) is 1. The minimum absolute atomic E-state index is 0.482. The number of hydrogen-bond acceptors (Lipinski definition) is 3. The molecule has 0 saturated heterocycles. The molecule has 1 rings (SSSR count). The van der Waals surface area contributed by atoms with Crippen LogP contribution in [0.5, 0.6) is 0 Å². The van der Waals surface area contributed by atoms with Gasteiger partial charge in [0.05, 0.1) is 6.61 Å². The van der Waals surface area contributed by atoms with Crippen LogP contribution < -0.4 is 5.32 Å². The first-order valence-corrected chi connectivity index (χ1v) is 8.00. The molecule has 0 spiro atoms. The van der Waals surface area contributed by atoms with Crippen molar-refractivity contribution in [3.05, 3.63) is 0 Å². The van der Waals surface area contributed by atoms with Gasteiger partial charge in [-0.05, 0) is 44.2 Å². The van der Waals surface area contributed by atoms with E-state index in [1.165, 1.54) is 25.7 Å². The Balaban J connectivity index is 2.67. The molecule has 0 aromatic rings. The van der Waals surface area contributed by atoms with Crippen molar-refractivity contribution in [1.29, 1.82) is 0 Å². The first kappa shape index (κ1) is 16.9. The highest BCUT2D eigenvalue weighted by atomic mass is 16.5. The molecule has 1 aliphatic carbocycles. The number of nitrogens with zero attached hydrogens (tertiary/aromatic N) is 1. The van der Waals surface area contributed by atoms with E-state index in [4.69, 9.17) is 4.74 Å². The molecule has 0 aliphatic heterocycles. The van der Waals surface area contributed by atoms with Crippen LogP contribution in [0.1, 0.15) is 53.4 Å². The Morgan fingerprint density at radius 3 is 2.63 bits per heavy atom. The summed E-state index contributed by atoms with van der Waals surface area (Å²) in [6.07, 6.45) is 5.16. The topological polar surface area (TPSA) is 24.5 Å². The van der Waals surface area contributed by atoms with Gasteiger partial charge in [0.1, 0.15) is 0 Å². The van der Waals surface area contributed by atoms with Gasteiger partial charge >= 0.3 is 0 Å². The Morgan fingerprint density at radius 1 is 1.32 bits per heavy atom. The average molecular weight is 270 g/mol. The monoisotopic (exact) mass is 270 g/mol. The van der Waals surface area contributed by atoms with Gasteiger partial charge in [-0.2, -0.15) is 0 Å². The Kier molecular flexibility index (Phi) is 7.33. The van der Waals surface area contributed by atoms with Crippen molar-refractivity contribution in [2.24, 2.45) is 5.41 Å². The highest BCUT2D eigenvalue weighted by molar-refractivity contribution is 4.94. The SMILES string of the molecule is CCCNC1CCC(C)(C)CC1N(CC)CCOC. The van der Waals surface area contributed by atoms with Gasteiger partial charge in [-0.25, -0.2) is 0 Å². The number of hydrogen-bond donors (Lipinski definition) is 1. The van der Waals surface area contributed by atoms with Crippen molar-refractivity contribution in [2.45, 2.75) is 65.5 Å². The summed E-state index contributed by atoms with van der Waals surface area (Å²) >= 11 is 0. The lowest BCUT2D eigenvalue weighted by Crippen LogP contribution is -2.55. The molecule has 3 nitrogen and oxygen atoms in total. The lowest BCUT2D eigenvalue weighted by Gasteiger charge is -2.46. The molecule has 3 heteroatoms. The van der Waals surface area contributed by atoms with Crippen molar-refractivity contribution >= 4 is 0 Å². The molecule has 114 valence electrons. The van der Waals surface area contributed by atoms with Crippen LogP contribution in [0.4, 0.5) is 0 Å². The van der Waals surface area contributed by atoms with E-state index >= 15 is 0 Å². The summed E-state index contributed by atoms with van der Waals surface area (Å²) in [5, 5.41) is 3.77. The molecular formula is C16H34N2O. The van der Waals surface area contributed by atoms with E-state index in [-0.39, 0.29) is 0 Å². The van der Waals surface area contributed by atoms with Crippen LogP contribution in [0.25, 0.3) is 0 Å². The third-order valence-corrected chi connectivity index (χ3v) is 4.47. The Labute approximate surface area is 120 Å². The van der Waals surface area contributed by atoms with Crippen LogP contribution in [0.3, 0.4) is 0 Å². The molecule has 2 unspecified atom stereocenters. The molecule has 0 aromatic carbocycles. The largest absolute Gasteiger partial charge is 0.383 e. The van der Waals surface area contributed by atoms with Gasteiger partial charge in [-0.3, -0.25) is 4.90 Å². The highest BCUT2D eigenvalue weighted by Gasteiger charge is 2.37. The van der Waals surface area contributed by atoms with Crippen molar-refractivity contribution in [3.8, 4) is 0 Å². The number of rotatable bonds is 8. The molecule has 1 saturated carbocycles. The first-order chi connectivity index (χ1) is 9.04. The fourth-order valence-electron chi connectivity index (χ4n) is 3.27. The fraction of sp³-hybridized carbons (Fsp3) is 1.00. The zero-order chi connectivity index (χ0) is 14.3. The number of methoxy groups -OCH3 is 1. The van der Waals surface area contributed by atoms with Crippen LogP contribution in [0.2, 0.25) is 0 Å². The summed E-state index contributed by atoms with van der Waals surface area (Å²) in [5.41, 5.74) is 0.482. The van der Waals surface area contributed by atoms with E-state index in [1.54, 1.807) is 7.11 Å². The van der Waals surface area contributed by atoms with E-state index in [9.17, 15) is 0 Å². The average Bonchev–Trinajstić information content (AvgIpc) is 2.38. The third-order valence-electron chi connectivity index (χ3n) is 4.47. The summed E-state index contributed by atoms with van der Waals surface area (Å²) in [5.74, 6) is 0. The van der Waals surface area contributed by atoms with Crippen LogP contribution in [0.15, 0.2) is 0 Å². The molecule has 1 fully saturated rings. The predicted octanol–water partition coefficient (Wildman–Crippen LogP) is 2.90. The lowest BCUT2D eigenvalue weighted by atomic mass is 9.72. The molecule has 0 aromatic heterocycles. The van der Waals surface area contributed by atoms with E-state index in [2.05, 4.69) is 37.9 Å². The molecule has 0 radical (unpaired) electrons. The number of nitrogens with one attached hydrogen (secondary N) is 1. The number of likely N-dealkylation sites (N-methyl/N-ethyl adjacent to an activating group) is 1. The zero-order valence-corrected chi connectivity index (χ0v) is 13.7. The van der Waals surface area contributed by atoms with Crippen molar-refractivity contribution in [3.63, 3.8) is 0 Å². The Hall–Kier alpha value is -0.120. The summed E-state index contributed by atoms with van der Waals surface area (Å²) in [6, 6.07) is 1.32. The molecule has 0 heterocycles. The summed E-state index contributed by atoms with van der Waals surface area (Å²) in [7, 11) is 1.80. The minimum atomic E-state index is 0.482. The molecule has 0 amide bonds. The summed E-state index contributed by atoms with van der Waals surface area (Å²) in [4.78, 5) is 2.61. The van der Waals surface area contributed by atoms with E-state index < -0.39 is 0 Å². The minimum Gasteiger partial charge on any atom is -0.383 e. The van der Waals surface area contributed by atoms with Gasteiger partial charge in [0.2, 0.25) is 0 Å². The second kappa shape index (κ2) is 8.23. The van der Waals surface area contributed by atoms with E-state index in [1.807, 2.05) is 0 Å². The second-order valence-corrected chi connectivity index (χ2v) is 6.66. The van der Waals surface area contributed by atoms with Gasteiger partial charge in [-0.15, -0.1) is 0 Å². The van der Waals surface area contributed by atoms with Gasteiger partial charge < -0.3 is 10.1 Å². The molecule has 1 N–H and O–H groups in total. The van der Waals surface area contributed by atoms with E-state index in [0.717, 1.165) is 26.2 Å². The van der Waals surface area contributed by atoms with Crippen molar-refractivity contribution in [2.75, 3.05) is 33.4 Å². The van der Waals surface area contributed by atoms with Gasteiger partial charge in [0.15, 0.2) is 0 Å². The Morgan fingerprint density at radius 2 is 2.05 bits per heavy atom. The first-order valence-electron chi connectivity index (χ1n) is 8.00. The van der Waals surface area contributed by atoms with Crippen LogP contribution >= 0.6 is 0 Å².